The lowest BCUT2D eigenvalue weighted by molar-refractivity contribution is 0.801. The van der Waals surface area contributed by atoms with Gasteiger partial charge in [-0.05, 0) is 12.8 Å². The average Bonchev–Trinajstić information content (AvgIpc) is 2.26. The van der Waals surface area contributed by atoms with Gasteiger partial charge >= 0.3 is 0 Å². The molecule has 2 aromatic rings. The zero-order valence-electron chi connectivity index (χ0n) is 8.11. The summed E-state index contributed by atoms with van der Waals surface area (Å²) in [4.78, 5) is 0. The maximum Gasteiger partial charge on any atom is 0.0709 e. The van der Waals surface area contributed by atoms with Gasteiger partial charge in [-0.15, -0.1) is 0 Å². The van der Waals surface area contributed by atoms with Gasteiger partial charge in [0.15, 0.2) is 0 Å². The Morgan fingerprint density at radius 1 is 1.21 bits per heavy atom. The molecule has 0 aliphatic heterocycles. The molecule has 0 atom stereocenters. The maximum absolute atomic E-state index is 4.17. The minimum atomic E-state index is 0.949. The first-order valence-corrected chi connectivity index (χ1v) is 4.90. The summed E-state index contributed by atoms with van der Waals surface area (Å²) < 4.78 is 0. The van der Waals surface area contributed by atoms with E-state index >= 15 is 0 Å². The molecule has 0 aliphatic rings. The topological polar surface area (TPSA) is 25.8 Å². The van der Waals surface area contributed by atoms with Gasteiger partial charge in [0.05, 0.1) is 11.9 Å². The van der Waals surface area contributed by atoms with Crippen LogP contribution in [0, 0.1) is 6.92 Å². The van der Waals surface area contributed by atoms with Crippen LogP contribution in [0.5, 0.6) is 0 Å². The second-order valence-corrected chi connectivity index (χ2v) is 3.34. The van der Waals surface area contributed by atoms with E-state index in [1.807, 2.05) is 18.3 Å². The van der Waals surface area contributed by atoms with E-state index in [0.29, 0.717) is 0 Å². The van der Waals surface area contributed by atoms with Crippen LogP contribution in [0.15, 0.2) is 30.5 Å². The van der Waals surface area contributed by atoms with Crippen molar-refractivity contribution in [3.8, 4) is 0 Å². The third-order valence-corrected chi connectivity index (χ3v) is 2.31. The normalized spacial score (nSPS) is 10.6. The summed E-state index contributed by atoms with van der Waals surface area (Å²) in [5.74, 6) is 0. The summed E-state index contributed by atoms with van der Waals surface area (Å²) in [5.41, 5.74) is 1.09. The molecular weight excluding hydrogens is 172 g/mol. The van der Waals surface area contributed by atoms with Crippen LogP contribution >= 0.6 is 0 Å². The highest BCUT2D eigenvalue weighted by Gasteiger charge is 2.01. The SMILES string of the molecule is [CH2]CCCc1nncc2ccccc12. The number of hydrogen-bond acceptors (Lipinski definition) is 2. The van der Waals surface area contributed by atoms with Gasteiger partial charge in [0.25, 0.3) is 0 Å². The van der Waals surface area contributed by atoms with Crippen LogP contribution in [0.2, 0.25) is 0 Å². The summed E-state index contributed by atoms with van der Waals surface area (Å²) in [5, 5.41) is 10.5. The average molecular weight is 185 g/mol. The maximum atomic E-state index is 4.17. The van der Waals surface area contributed by atoms with Gasteiger partial charge in [-0.3, -0.25) is 0 Å². The molecule has 0 N–H and O–H groups in total. The fourth-order valence-corrected chi connectivity index (χ4v) is 1.56. The Kier molecular flexibility index (Phi) is 2.73. The molecule has 1 aromatic carbocycles. The van der Waals surface area contributed by atoms with E-state index in [0.717, 1.165) is 25.0 Å². The van der Waals surface area contributed by atoms with E-state index < -0.39 is 0 Å². The lowest BCUT2D eigenvalue weighted by Gasteiger charge is -2.02. The molecule has 14 heavy (non-hydrogen) atoms. The van der Waals surface area contributed by atoms with Crippen molar-refractivity contribution >= 4 is 10.8 Å². The van der Waals surface area contributed by atoms with Crippen LogP contribution in [-0.4, -0.2) is 10.2 Å². The predicted molar refractivity (Wildman–Crippen MR) is 57.8 cm³/mol. The zero-order valence-corrected chi connectivity index (χ0v) is 8.11. The number of rotatable bonds is 3. The number of aryl methyl sites for hydroxylation is 1. The number of hydrogen-bond donors (Lipinski definition) is 0. The lowest BCUT2D eigenvalue weighted by atomic mass is 10.1. The largest absolute Gasteiger partial charge is 0.158 e. The molecule has 0 bridgehead atoms. The molecule has 0 amide bonds. The van der Waals surface area contributed by atoms with E-state index in [9.17, 15) is 0 Å². The Hall–Kier alpha value is -1.44. The smallest absolute Gasteiger partial charge is 0.0709 e. The number of unbranched alkanes of at least 4 members (excludes halogenated alkanes) is 1. The highest BCUT2D eigenvalue weighted by atomic mass is 15.1. The second-order valence-electron chi connectivity index (χ2n) is 3.34. The van der Waals surface area contributed by atoms with E-state index in [1.54, 1.807) is 0 Å². The molecule has 1 radical (unpaired) electrons. The van der Waals surface area contributed by atoms with Crippen molar-refractivity contribution in [1.29, 1.82) is 0 Å². The summed E-state index contributed by atoms with van der Waals surface area (Å²) in [6.45, 7) is 3.83. The van der Waals surface area contributed by atoms with Crippen molar-refractivity contribution in [2.45, 2.75) is 19.3 Å². The molecule has 2 rings (SSSR count). The van der Waals surface area contributed by atoms with Crippen LogP contribution in [-0.2, 0) is 6.42 Å². The third kappa shape index (κ3) is 1.74. The Morgan fingerprint density at radius 3 is 2.93 bits per heavy atom. The van der Waals surface area contributed by atoms with Gasteiger partial charge in [0.1, 0.15) is 0 Å². The molecular formula is C12H13N2. The number of benzene rings is 1. The molecule has 0 fully saturated rings. The molecule has 71 valence electrons. The fourth-order valence-electron chi connectivity index (χ4n) is 1.56. The Morgan fingerprint density at radius 2 is 2.07 bits per heavy atom. The van der Waals surface area contributed by atoms with E-state index in [4.69, 9.17) is 0 Å². The van der Waals surface area contributed by atoms with Crippen LogP contribution < -0.4 is 0 Å². The van der Waals surface area contributed by atoms with Crippen molar-refractivity contribution in [2.75, 3.05) is 0 Å². The number of nitrogens with zero attached hydrogens (tertiary/aromatic N) is 2. The molecule has 0 unspecified atom stereocenters. The van der Waals surface area contributed by atoms with Crippen LogP contribution in [0.4, 0.5) is 0 Å². The minimum absolute atomic E-state index is 0.949. The summed E-state index contributed by atoms with van der Waals surface area (Å²) in [7, 11) is 0. The second kappa shape index (κ2) is 4.18. The van der Waals surface area contributed by atoms with E-state index in [1.165, 1.54) is 10.8 Å². The molecule has 0 saturated carbocycles. The standard InChI is InChI=1S/C12H13N2/c1-2-3-8-12-11-7-5-4-6-10(11)9-13-14-12/h4-7,9H,1-3,8H2. The minimum Gasteiger partial charge on any atom is -0.158 e. The first-order valence-electron chi connectivity index (χ1n) is 4.90. The monoisotopic (exact) mass is 185 g/mol. The van der Waals surface area contributed by atoms with Crippen LogP contribution in [0.1, 0.15) is 18.5 Å². The van der Waals surface area contributed by atoms with Crippen molar-refractivity contribution in [3.63, 3.8) is 0 Å². The number of aromatic nitrogens is 2. The molecule has 0 spiro atoms. The van der Waals surface area contributed by atoms with Crippen molar-refractivity contribution < 1.29 is 0 Å². The summed E-state index contributed by atoms with van der Waals surface area (Å²) in [6, 6.07) is 8.23. The summed E-state index contributed by atoms with van der Waals surface area (Å²) >= 11 is 0. The van der Waals surface area contributed by atoms with Crippen LogP contribution in [0.25, 0.3) is 10.8 Å². The third-order valence-electron chi connectivity index (χ3n) is 2.31. The van der Waals surface area contributed by atoms with Gasteiger partial charge in [-0.1, -0.05) is 37.6 Å². The Balaban J connectivity index is 2.43. The van der Waals surface area contributed by atoms with Crippen molar-refractivity contribution in [3.05, 3.63) is 43.1 Å². The fraction of sp³-hybridized carbons (Fsp3) is 0.250. The highest BCUT2D eigenvalue weighted by Crippen LogP contribution is 2.16. The molecule has 2 heteroatoms. The van der Waals surface area contributed by atoms with Gasteiger partial charge in [0.2, 0.25) is 0 Å². The molecule has 1 aromatic heterocycles. The van der Waals surface area contributed by atoms with E-state index in [2.05, 4.69) is 29.3 Å². The highest BCUT2D eigenvalue weighted by molar-refractivity contribution is 5.83. The molecule has 1 heterocycles. The molecule has 2 nitrogen and oxygen atoms in total. The molecule has 0 aliphatic carbocycles. The van der Waals surface area contributed by atoms with Crippen molar-refractivity contribution in [2.24, 2.45) is 0 Å². The van der Waals surface area contributed by atoms with Gasteiger partial charge in [-0.2, -0.15) is 10.2 Å². The first kappa shape index (κ1) is 9.13. The first-order chi connectivity index (χ1) is 6.92. The van der Waals surface area contributed by atoms with E-state index in [-0.39, 0.29) is 0 Å². The van der Waals surface area contributed by atoms with Gasteiger partial charge in [-0.25, -0.2) is 0 Å². The van der Waals surface area contributed by atoms with Gasteiger partial charge < -0.3 is 0 Å². The Bertz CT molecular complexity index is 418. The predicted octanol–water partition coefficient (Wildman–Crippen LogP) is 2.79. The lowest BCUT2D eigenvalue weighted by Crippen LogP contribution is -1.94. The number of fused-ring (bicyclic) bond motifs is 1. The quantitative estimate of drug-likeness (QED) is 0.734. The van der Waals surface area contributed by atoms with Crippen molar-refractivity contribution in [1.82, 2.24) is 10.2 Å². The van der Waals surface area contributed by atoms with Crippen LogP contribution in [0.3, 0.4) is 0 Å². The van der Waals surface area contributed by atoms with Gasteiger partial charge in [0, 0.05) is 10.8 Å². The zero-order chi connectivity index (χ0) is 9.80. The summed E-state index contributed by atoms with van der Waals surface area (Å²) in [6.07, 6.45) is 4.80. The molecule has 0 saturated heterocycles. The Labute approximate surface area is 84.0 Å².